The number of imidazole rings is 1. The Morgan fingerprint density at radius 3 is 2.47 bits per heavy atom. The molecule has 2 heterocycles. The van der Waals surface area contributed by atoms with Gasteiger partial charge in [-0.05, 0) is 6.92 Å². The molecule has 5 heteroatoms. The third-order valence-corrected chi connectivity index (χ3v) is 2.88. The van der Waals surface area contributed by atoms with Gasteiger partial charge in [0.2, 0.25) is 11.9 Å². The summed E-state index contributed by atoms with van der Waals surface area (Å²) in [4.78, 5) is 19.6. The molecule has 5 nitrogen and oxygen atoms in total. The quantitative estimate of drug-likeness (QED) is 0.747. The van der Waals surface area contributed by atoms with Gasteiger partial charge in [0, 0.05) is 34.1 Å². The molecule has 17 heavy (non-hydrogen) atoms. The Labute approximate surface area is 103 Å². The molecular formula is C12H22N4O. The van der Waals surface area contributed by atoms with E-state index in [9.17, 15) is 4.79 Å². The minimum Gasteiger partial charge on any atom is -0.343 e. The van der Waals surface area contributed by atoms with E-state index >= 15 is 0 Å². The highest BCUT2D eigenvalue weighted by Gasteiger charge is 2.25. The molecule has 1 aromatic heterocycles. The van der Waals surface area contributed by atoms with E-state index in [2.05, 4.69) is 14.5 Å². The molecule has 0 unspecified atom stereocenters. The minimum atomic E-state index is 0.0374. The number of fused-ring (bicyclic) bond motifs is 1. The van der Waals surface area contributed by atoms with Crippen molar-refractivity contribution in [1.82, 2.24) is 9.55 Å². The number of nitrogens with zero attached hydrogens (tertiary/aromatic N) is 4. The topological polar surface area (TPSA) is 41.4 Å². The maximum absolute atomic E-state index is 11.3. The zero-order chi connectivity index (χ0) is 13.2. The molecule has 0 atom stereocenters. The number of hydrogen-bond acceptors (Lipinski definition) is 3. The van der Waals surface area contributed by atoms with E-state index in [0.717, 1.165) is 30.5 Å². The molecule has 0 fully saturated rings. The van der Waals surface area contributed by atoms with Gasteiger partial charge in [0.15, 0.2) is 0 Å². The van der Waals surface area contributed by atoms with Gasteiger partial charge in [-0.25, -0.2) is 4.98 Å². The molecule has 0 N–H and O–H groups in total. The molecule has 0 aliphatic carbocycles. The van der Waals surface area contributed by atoms with Crippen molar-refractivity contribution in [2.24, 2.45) is 0 Å². The molecule has 0 saturated carbocycles. The van der Waals surface area contributed by atoms with Crippen LogP contribution >= 0.6 is 0 Å². The lowest BCUT2D eigenvalue weighted by molar-refractivity contribution is -0.116. The molecular weight excluding hydrogens is 216 g/mol. The second kappa shape index (κ2) is 5.21. The van der Waals surface area contributed by atoms with E-state index in [4.69, 9.17) is 0 Å². The molecule has 2 rings (SSSR count). The Hall–Kier alpha value is -1.52. The van der Waals surface area contributed by atoms with Gasteiger partial charge in [-0.1, -0.05) is 13.8 Å². The summed E-state index contributed by atoms with van der Waals surface area (Å²) in [7, 11) is 3.81. The highest BCUT2D eigenvalue weighted by atomic mass is 16.2. The Bertz CT molecular complexity index is 411. The zero-order valence-electron chi connectivity index (χ0n) is 11.6. The third kappa shape index (κ3) is 2.28. The summed E-state index contributed by atoms with van der Waals surface area (Å²) in [6.45, 7) is 9.37. The fourth-order valence-electron chi connectivity index (χ4n) is 1.97. The molecule has 1 amide bonds. The number of carbonyl (C=O) groups is 1. The number of anilines is 2. The van der Waals surface area contributed by atoms with Crippen molar-refractivity contribution < 1.29 is 4.79 Å². The normalized spacial score (nSPS) is 12.9. The summed E-state index contributed by atoms with van der Waals surface area (Å²) < 4.78 is 2.09. The standard InChI is InChI=1S/C10H16N4O.C2H6/c1-7-9(13(4)8(2)15)14-6-5-12(3)10(14)11-7;1-2/h5-6H2,1-4H3;1-2H3. The van der Waals surface area contributed by atoms with Crippen molar-refractivity contribution in [3.8, 4) is 0 Å². The molecule has 0 bridgehead atoms. The van der Waals surface area contributed by atoms with Gasteiger partial charge in [0.1, 0.15) is 5.82 Å². The van der Waals surface area contributed by atoms with Crippen LogP contribution in [0.4, 0.5) is 11.8 Å². The highest BCUT2D eigenvalue weighted by Crippen LogP contribution is 2.29. The number of hydrogen-bond donors (Lipinski definition) is 0. The Morgan fingerprint density at radius 2 is 1.94 bits per heavy atom. The first kappa shape index (κ1) is 13.5. The summed E-state index contributed by atoms with van der Waals surface area (Å²) in [5.41, 5.74) is 0.911. The van der Waals surface area contributed by atoms with E-state index in [0.29, 0.717) is 0 Å². The van der Waals surface area contributed by atoms with Gasteiger partial charge >= 0.3 is 0 Å². The van der Waals surface area contributed by atoms with Gasteiger partial charge in [-0.2, -0.15) is 0 Å². The van der Waals surface area contributed by atoms with Crippen LogP contribution in [0, 0.1) is 6.92 Å². The molecule has 0 radical (unpaired) electrons. The number of aryl methyl sites for hydroxylation is 1. The Kier molecular flexibility index (Phi) is 4.15. The summed E-state index contributed by atoms with van der Waals surface area (Å²) in [6.07, 6.45) is 0. The SMILES string of the molecule is CC.CC(=O)N(C)c1c(C)nc2n1CCN2C. The lowest BCUT2D eigenvalue weighted by atomic mass is 10.4. The third-order valence-electron chi connectivity index (χ3n) is 2.88. The first-order valence-electron chi connectivity index (χ1n) is 6.05. The number of amides is 1. The molecule has 1 aliphatic rings. The van der Waals surface area contributed by atoms with Crippen molar-refractivity contribution in [3.05, 3.63) is 5.69 Å². The van der Waals surface area contributed by atoms with Gasteiger partial charge in [0.05, 0.1) is 5.69 Å². The molecule has 0 saturated heterocycles. The van der Waals surface area contributed by atoms with Crippen LogP contribution in [0.15, 0.2) is 0 Å². The predicted octanol–water partition coefficient (Wildman–Crippen LogP) is 1.65. The van der Waals surface area contributed by atoms with E-state index in [1.807, 2.05) is 27.8 Å². The Balaban J connectivity index is 0.000000686. The number of rotatable bonds is 1. The fourth-order valence-corrected chi connectivity index (χ4v) is 1.97. The molecule has 0 spiro atoms. The van der Waals surface area contributed by atoms with E-state index < -0.39 is 0 Å². The van der Waals surface area contributed by atoms with Gasteiger partial charge in [0.25, 0.3) is 0 Å². The second-order valence-corrected chi connectivity index (χ2v) is 3.97. The van der Waals surface area contributed by atoms with Crippen LogP contribution in [0.1, 0.15) is 26.5 Å². The lowest BCUT2D eigenvalue weighted by Gasteiger charge is -2.16. The van der Waals surface area contributed by atoms with Gasteiger partial charge in [-0.15, -0.1) is 0 Å². The van der Waals surface area contributed by atoms with Crippen LogP contribution in [-0.2, 0) is 11.3 Å². The van der Waals surface area contributed by atoms with Crippen LogP contribution in [0.2, 0.25) is 0 Å². The van der Waals surface area contributed by atoms with Crippen LogP contribution in [0.25, 0.3) is 0 Å². The summed E-state index contributed by atoms with van der Waals surface area (Å²) in [6, 6.07) is 0. The second-order valence-electron chi connectivity index (χ2n) is 3.97. The largest absolute Gasteiger partial charge is 0.343 e. The fraction of sp³-hybridized carbons (Fsp3) is 0.667. The van der Waals surface area contributed by atoms with Gasteiger partial charge < -0.3 is 9.80 Å². The monoisotopic (exact) mass is 238 g/mol. The summed E-state index contributed by atoms with van der Waals surface area (Å²) >= 11 is 0. The first-order chi connectivity index (χ1) is 8.02. The maximum Gasteiger partial charge on any atom is 0.224 e. The van der Waals surface area contributed by atoms with Crippen LogP contribution in [-0.4, -0.2) is 36.1 Å². The average molecular weight is 238 g/mol. The summed E-state index contributed by atoms with van der Waals surface area (Å²) in [5, 5.41) is 0. The maximum atomic E-state index is 11.3. The summed E-state index contributed by atoms with van der Waals surface area (Å²) in [5.74, 6) is 1.91. The van der Waals surface area contributed by atoms with Crippen LogP contribution < -0.4 is 9.80 Å². The van der Waals surface area contributed by atoms with Crippen molar-refractivity contribution in [2.75, 3.05) is 30.4 Å². The molecule has 1 aliphatic heterocycles. The molecule has 0 aromatic carbocycles. The van der Waals surface area contributed by atoms with Crippen LogP contribution in [0.3, 0.4) is 0 Å². The van der Waals surface area contributed by atoms with E-state index in [1.54, 1.807) is 18.9 Å². The number of likely N-dealkylation sites (N-methyl/N-ethyl adjacent to an activating group) is 1. The van der Waals surface area contributed by atoms with Gasteiger partial charge in [-0.3, -0.25) is 9.36 Å². The predicted molar refractivity (Wildman–Crippen MR) is 70.7 cm³/mol. The average Bonchev–Trinajstić information content (AvgIpc) is 2.80. The van der Waals surface area contributed by atoms with Crippen LogP contribution in [0.5, 0.6) is 0 Å². The molecule has 1 aromatic rings. The first-order valence-corrected chi connectivity index (χ1v) is 6.05. The van der Waals surface area contributed by atoms with E-state index in [1.165, 1.54) is 0 Å². The minimum absolute atomic E-state index is 0.0374. The smallest absolute Gasteiger partial charge is 0.224 e. The van der Waals surface area contributed by atoms with Crippen molar-refractivity contribution in [1.29, 1.82) is 0 Å². The lowest BCUT2D eigenvalue weighted by Crippen LogP contribution is -2.26. The highest BCUT2D eigenvalue weighted by molar-refractivity contribution is 5.91. The van der Waals surface area contributed by atoms with Crippen molar-refractivity contribution >= 4 is 17.7 Å². The van der Waals surface area contributed by atoms with Crippen molar-refractivity contribution in [2.45, 2.75) is 34.2 Å². The number of carbonyl (C=O) groups excluding carboxylic acids is 1. The number of aromatic nitrogens is 2. The Morgan fingerprint density at radius 1 is 1.35 bits per heavy atom. The van der Waals surface area contributed by atoms with Crippen molar-refractivity contribution in [3.63, 3.8) is 0 Å². The zero-order valence-corrected chi connectivity index (χ0v) is 11.6. The molecule has 96 valence electrons. The van der Waals surface area contributed by atoms with E-state index in [-0.39, 0.29) is 5.91 Å².